The van der Waals surface area contributed by atoms with Crippen LogP contribution in [0.4, 0.5) is 10.1 Å². The molecule has 1 aromatic rings. The predicted octanol–water partition coefficient (Wildman–Crippen LogP) is 2.59. The van der Waals surface area contributed by atoms with Gasteiger partial charge in [-0.1, -0.05) is 0 Å². The van der Waals surface area contributed by atoms with Gasteiger partial charge in [-0.15, -0.1) is 0 Å². The fourth-order valence-corrected chi connectivity index (χ4v) is 1.81. The lowest BCUT2D eigenvalue weighted by Gasteiger charge is -2.26. The van der Waals surface area contributed by atoms with Crippen LogP contribution in [0, 0.1) is 17.1 Å². The molecule has 2 N–H and O–H groups in total. The average Bonchev–Trinajstić information content (AvgIpc) is 2.31. The minimum absolute atomic E-state index is 0.225. The Kier molecular flexibility index (Phi) is 4.92. The monoisotopic (exact) mass is 235 g/mol. The largest absolute Gasteiger partial charge is 0.371 e. The van der Waals surface area contributed by atoms with Gasteiger partial charge in [0, 0.05) is 24.8 Å². The van der Waals surface area contributed by atoms with E-state index in [1.54, 1.807) is 6.07 Å². The quantitative estimate of drug-likeness (QED) is 0.853. The van der Waals surface area contributed by atoms with Gasteiger partial charge in [0.25, 0.3) is 0 Å². The number of hydrogen-bond acceptors (Lipinski definition) is 3. The van der Waals surface area contributed by atoms with Gasteiger partial charge in [-0.05, 0) is 37.6 Å². The number of hydrogen-bond donors (Lipinski definition) is 1. The van der Waals surface area contributed by atoms with Crippen molar-refractivity contribution in [1.82, 2.24) is 0 Å². The zero-order valence-electron chi connectivity index (χ0n) is 10.3. The number of rotatable bonds is 5. The lowest BCUT2D eigenvalue weighted by Crippen LogP contribution is -2.26. The van der Waals surface area contributed by atoms with Crippen molar-refractivity contribution in [3.8, 4) is 6.07 Å². The van der Waals surface area contributed by atoms with Crippen molar-refractivity contribution in [2.24, 2.45) is 5.73 Å². The first-order valence-electron chi connectivity index (χ1n) is 5.77. The Morgan fingerprint density at radius 2 is 2.24 bits per heavy atom. The molecule has 0 saturated carbocycles. The molecule has 0 unspecified atom stereocenters. The molecular formula is C13H18FN3. The predicted molar refractivity (Wildman–Crippen MR) is 67.1 cm³/mol. The lowest BCUT2D eigenvalue weighted by molar-refractivity contribution is 0.621. The average molecular weight is 235 g/mol. The summed E-state index contributed by atoms with van der Waals surface area (Å²) < 4.78 is 13.2. The van der Waals surface area contributed by atoms with Crippen molar-refractivity contribution in [2.45, 2.75) is 26.3 Å². The fourth-order valence-electron chi connectivity index (χ4n) is 1.81. The van der Waals surface area contributed by atoms with E-state index in [9.17, 15) is 4.39 Å². The summed E-state index contributed by atoms with van der Waals surface area (Å²) >= 11 is 0. The highest BCUT2D eigenvalue weighted by Gasteiger charge is 2.13. The molecule has 0 aliphatic carbocycles. The van der Waals surface area contributed by atoms with E-state index in [0.29, 0.717) is 13.0 Å². The van der Waals surface area contributed by atoms with Gasteiger partial charge in [0.2, 0.25) is 0 Å². The highest BCUT2D eigenvalue weighted by molar-refractivity contribution is 5.55. The number of anilines is 1. The second-order valence-electron chi connectivity index (χ2n) is 3.98. The smallest absolute Gasteiger partial charge is 0.123 e. The van der Waals surface area contributed by atoms with Crippen molar-refractivity contribution >= 4 is 5.69 Å². The summed E-state index contributed by atoms with van der Waals surface area (Å²) in [7, 11) is 0. The molecule has 0 fully saturated rings. The first-order valence-corrected chi connectivity index (χ1v) is 5.77. The maximum absolute atomic E-state index is 13.2. The summed E-state index contributed by atoms with van der Waals surface area (Å²) in [4.78, 5) is 2.04. The van der Waals surface area contributed by atoms with E-state index in [1.165, 1.54) is 12.1 Å². The van der Waals surface area contributed by atoms with E-state index >= 15 is 0 Å². The van der Waals surface area contributed by atoms with E-state index in [-0.39, 0.29) is 11.9 Å². The Morgan fingerprint density at radius 1 is 1.53 bits per heavy atom. The maximum atomic E-state index is 13.2. The first-order chi connectivity index (χ1) is 8.10. The zero-order valence-corrected chi connectivity index (χ0v) is 10.3. The molecule has 0 aromatic heterocycles. The third-order valence-corrected chi connectivity index (χ3v) is 2.70. The number of benzene rings is 1. The summed E-state index contributed by atoms with van der Waals surface area (Å²) in [6.45, 7) is 5.24. The first kappa shape index (κ1) is 13.5. The van der Waals surface area contributed by atoms with Gasteiger partial charge in [0.1, 0.15) is 5.82 Å². The van der Waals surface area contributed by atoms with Crippen molar-refractivity contribution in [2.75, 3.05) is 18.0 Å². The second kappa shape index (κ2) is 6.21. The molecule has 0 heterocycles. The Morgan fingerprint density at radius 3 is 2.76 bits per heavy atom. The third-order valence-electron chi connectivity index (χ3n) is 2.70. The van der Waals surface area contributed by atoms with Gasteiger partial charge < -0.3 is 10.6 Å². The van der Waals surface area contributed by atoms with Gasteiger partial charge >= 0.3 is 0 Å². The highest BCUT2D eigenvalue weighted by Crippen LogP contribution is 2.26. The molecule has 0 amide bonds. The van der Waals surface area contributed by atoms with Crippen molar-refractivity contribution in [3.05, 3.63) is 29.6 Å². The molecule has 3 nitrogen and oxygen atoms in total. The molecule has 1 aromatic carbocycles. The lowest BCUT2D eigenvalue weighted by atomic mass is 10.1. The van der Waals surface area contributed by atoms with Crippen LogP contribution in [-0.2, 0) is 0 Å². The SMILES string of the molecule is CCN(CCC#N)c1ccc(F)cc1[C@@H](C)N. The summed E-state index contributed by atoms with van der Waals surface area (Å²) in [5.74, 6) is -0.280. The van der Waals surface area contributed by atoms with Gasteiger partial charge in [0.15, 0.2) is 0 Å². The molecule has 0 spiro atoms. The van der Waals surface area contributed by atoms with E-state index in [2.05, 4.69) is 6.07 Å². The Labute approximate surface area is 102 Å². The molecule has 0 bridgehead atoms. The molecular weight excluding hydrogens is 217 g/mol. The van der Waals surface area contributed by atoms with Gasteiger partial charge in [-0.3, -0.25) is 0 Å². The van der Waals surface area contributed by atoms with E-state index < -0.39 is 0 Å². The van der Waals surface area contributed by atoms with Crippen LogP contribution in [-0.4, -0.2) is 13.1 Å². The van der Waals surface area contributed by atoms with E-state index in [4.69, 9.17) is 11.0 Å². The fraction of sp³-hybridized carbons (Fsp3) is 0.462. The van der Waals surface area contributed by atoms with E-state index in [1.807, 2.05) is 18.7 Å². The van der Waals surface area contributed by atoms with Crippen LogP contribution in [0.3, 0.4) is 0 Å². The molecule has 17 heavy (non-hydrogen) atoms. The Hall–Kier alpha value is -1.60. The van der Waals surface area contributed by atoms with Crippen LogP contribution >= 0.6 is 0 Å². The molecule has 92 valence electrons. The summed E-state index contributed by atoms with van der Waals surface area (Å²) in [5.41, 5.74) is 7.54. The standard InChI is InChI=1S/C13H18FN3/c1-3-17(8-4-7-15)13-6-5-11(14)9-12(13)10(2)16/h5-6,9-10H,3-4,8,16H2,1-2H3/t10-/m1/s1. The van der Waals surface area contributed by atoms with Crippen molar-refractivity contribution in [1.29, 1.82) is 5.26 Å². The normalized spacial score (nSPS) is 11.9. The van der Waals surface area contributed by atoms with Crippen LogP contribution < -0.4 is 10.6 Å². The molecule has 0 saturated heterocycles. The number of nitrogens with zero attached hydrogens (tertiary/aromatic N) is 2. The Balaban J connectivity index is 3.05. The minimum atomic E-state index is -0.280. The number of halogens is 1. The van der Waals surface area contributed by atoms with Crippen LogP contribution in [0.5, 0.6) is 0 Å². The molecule has 1 rings (SSSR count). The Bertz CT molecular complexity index is 410. The van der Waals surface area contributed by atoms with Crippen molar-refractivity contribution < 1.29 is 4.39 Å². The molecule has 0 aliphatic rings. The second-order valence-corrected chi connectivity index (χ2v) is 3.98. The van der Waals surface area contributed by atoms with E-state index in [0.717, 1.165) is 17.8 Å². The van der Waals surface area contributed by atoms with Crippen LogP contribution in [0.15, 0.2) is 18.2 Å². The highest BCUT2D eigenvalue weighted by atomic mass is 19.1. The zero-order chi connectivity index (χ0) is 12.8. The van der Waals surface area contributed by atoms with Gasteiger partial charge in [0.05, 0.1) is 12.5 Å². The van der Waals surface area contributed by atoms with Gasteiger partial charge in [-0.2, -0.15) is 5.26 Å². The number of nitriles is 1. The molecule has 1 atom stereocenters. The summed E-state index contributed by atoms with van der Waals surface area (Å²) in [5, 5.41) is 8.62. The van der Waals surface area contributed by atoms with Crippen molar-refractivity contribution in [3.63, 3.8) is 0 Å². The third kappa shape index (κ3) is 3.43. The van der Waals surface area contributed by atoms with Crippen LogP contribution in [0.25, 0.3) is 0 Å². The molecule has 4 heteroatoms. The van der Waals surface area contributed by atoms with Crippen LogP contribution in [0.1, 0.15) is 31.9 Å². The summed E-state index contributed by atoms with van der Waals surface area (Å²) in [6.07, 6.45) is 0.448. The van der Waals surface area contributed by atoms with Crippen LogP contribution in [0.2, 0.25) is 0 Å². The molecule has 0 aliphatic heterocycles. The summed E-state index contributed by atoms with van der Waals surface area (Å²) in [6, 6.07) is 6.52. The number of nitrogens with two attached hydrogens (primary N) is 1. The topological polar surface area (TPSA) is 53.0 Å². The maximum Gasteiger partial charge on any atom is 0.123 e. The molecule has 0 radical (unpaired) electrons. The van der Waals surface area contributed by atoms with Gasteiger partial charge in [-0.25, -0.2) is 4.39 Å². The minimum Gasteiger partial charge on any atom is -0.371 e.